The molecule has 1 saturated heterocycles. The number of rotatable bonds is 5. The van der Waals surface area contributed by atoms with Gasteiger partial charge in [-0.3, -0.25) is 9.36 Å². The summed E-state index contributed by atoms with van der Waals surface area (Å²) in [6.07, 6.45) is -1.78. The Balaban J connectivity index is 0.00000155. The number of methoxy groups -OCH3 is 2. The highest BCUT2D eigenvalue weighted by Crippen LogP contribution is 2.41. The van der Waals surface area contributed by atoms with Gasteiger partial charge in [0.25, 0.3) is 11.8 Å². The third-order valence-corrected chi connectivity index (χ3v) is 4.22. The normalized spacial score (nSPS) is 19.4. The van der Waals surface area contributed by atoms with E-state index in [0.717, 1.165) is 6.20 Å². The lowest BCUT2D eigenvalue weighted by atomic mass is 10.2. The number of benzene rings is 1. The second kappa shape index (κ2) is 9.66. The first kappa shape index (κ1) is 23.3. The maximum absolute atomic E-state index is 14.0. The molecule has 1 fully saturated rings. The van der Waals surface area contributed by atoms with E-state index in [1.165, 1.54) is 39.3 Å². The average molecular weight is 425 g/mol. The molecule has 2 heterocycles. The van der Waals surface area contributed by atoms with Gasteiger partial charge in [-0.25, -0.2) is 13.6 Å². The largest absolute Gasteiger partial charge is 0.497 e. The number of halogens is 2. The molecule has 0 bridgehead atoms. The number of hydrogen-bond donors (Lipinski definition) is 1. The van der Waals surface area contributed by atoms with Gasteiger partial charge in [0.15, 0.2) is 0 Å². The Morgan fingerprint density at radius 3 is 2.30 bits per heavy atom. The van der Waals surface area contributed by atoms with Crippen molar-refractivity contribution in [2.75, 3.05) is 19.5 Å². The van der Waals surface area contributed by atoms with Crippen LogP contribution in [-0.2, 0) is 4.74 Å². The Morgan fingerprint density at radius 2 is 1.83 bits per heavy atom. The number of anilines is 1. The minimum absolute atomic E-state index is 0.0811. The molecule has 0 spiro atoms. The quantitative estimate of drug-likeness (QED) is 0.789. The summed E-state index contributed by atoms with van der Waals surface area (Å²) in [7, 11) is 2.89. The minimum Gasteiger partial charge on any atom is -0.497 e. The lowest BCUT2D eigenvalue weighted by Gasteiger charge is -2.19. The van der Waals surface area contributed by atoms with Crippen LogP contribution in [0.25, 0.3) is 0 Å². The predicted octanol–water partition coefficient (Wildman–Crippen LogP) is 3.48. The maximum atomic E-state index is 14.0. The minimum atomic E-state index is -3.19. The van der Waals surface area contributed by atoms with Crippen molar-refractivity contribution in [3.8, 4) is 11.5 Å². The van der Waals surface area contributed by atoms with Gasteiger partial charge in [-0.2, -0.15) is 4.98 Å². The van der Waals surface area contributed by atoms with E-state index in [4.69, 9.17) is 14.2 Å². The van der Waals surface area contributed by atoms with Crippen molar-refractivity contribution in [2.45, 2.75) is 45.4 Å². The number of alkyl halides is 2. The molecule has 1 aliphatic rings. The average Bonchev–Trinajstić information content (AvgIpc) is 3.00. The SMILES string of the molecule is CC.COc1cc(OC)cc(C(=O)Nc2ccn(C3OC(C)CC3(F)F)c(=O)n2)c1. The molecule has 2 unspecified atom stereocenters. The second-order valence-corrected chi connectivity index (χ2v) is 6.32. The van der Waals surface area contributed by atoms with Gasteiger partial charge in [-0.15, -0.1) is 0 Å². The van der Waals surface area contributed by atoms with E-state index in [2.05, 4.69) is 10.3 Å². The van der Waals surface area contributed by atoms with Gasteiger partial charge in [-0.1, -0.05) is 13.8 Å². The molecule has 1 amide bonds. The van der Waals surface area contributed by atoms with Gasteiger partial charge in [0.1, 0.15) is 17.3 Å². The van der Waals surface area contributed by atoms with Crippen LogP contribution >= 0.6 is 0 Å². The van der Waals surface area contributed by atoms with E-state index in [1.807, 2.05) is 13.8 Å². The molecule has 10 heteroatoms. The molecule has 1 aromatic carbocycles. The van der Waals surface area contributed by atoms with Crippen molar-refractivity contribution in [1.82, 2.24) is 9.55 Å². The van der Waals surface area contributed by atoms with Crippen LogP contribution in [0.15, 0.2) is 35.3 Å². The molecule has 1 aromatic heterocycles. The van der Waals surface area contributed by atoms with Crippen LogP contribution in [-0.4, -0.2) is 41.7 Å². The van der Waals surface area contributed by atoms with Crippen LogP contribution in [0, 0.1) is 0 Å². The van der Waals surface area contributed by atoms with Crippen LogP contribution in [0.4, 0.5) is 14.6 Å². The first-order valence-electron chi connectivity index (χ1n) is 9.40. The summed E-state index contributed by atoms with van der Waals surface area (Å²) >= 11 is 0. The van der Waals surface area contributed by atoms with E-state index < -0.39 is 36.3 Å². The van der Waals surface area contributed by atoms with Crippen molar-refractivity contribution in [1.29, 1.82) is 0 Å². The van der Waals surface area contributed by atoms with Crippen LogP contribution in [0.1, 0.15) is 43.8 Å². The zero-order valence-corrected chi connectivity index (χ0v) is 17.4. The van der Waals surface area contributed by atoms with Crippen LogP contribution in [0.2, 0.25) is 0 Å². The van der Waals surface area contributed by atoms with Gasteiger partial charge < -0.3 is 19.5 Å². The van der Waals surface area contributed by atoms with E-state index >= 15 is 0 Å². The summed E-state index contributed by atoms with van der Waals surface area (Å²) in [5.74, 6) is -3.03. The number of carbonyl (C=O) groups is 1. The first-order chi connectivity index (χ1) is 14.2. The number of amides is 1. The Labute approximate surface area is 172 Å². The smallest absolute Gasteiger partial charge is 0.351 e. The lowest BCUT2D eigenvalue weighted by molar-refractivity contribution is -0.115. The predicted molar refractivity (Wildman–Crippen MR) is 106 cm³/mol. The van der Waals surface area contributed by atoms with Crippen LogP contribution in [0.3, 0.4) is 0 Å². The molecule has 1 N–H and O–H groups in total. The topological polar surface area (TPSA) is 91.7 Å². The van der Waals surface area contributed by atoms with Crippen LogP contribution in [0.5, 0.6) is 11.5 Å². The zero-order valence-electron chi connectivity index (χ0n) is 17.4. The van der Waals surface area contributed by atoms with E-state index in [0.29, 0.717) is 16.1 Å². The number of ether oxygens (including phenoxy) is 3. The molecule has 0 aliphatic carbocycles. The van der Waals surface area contributed by atoms with Crippen molar-refractivity contribution in [3.63, 3.8) is 0 Å². The van der Waals surface area contributed by atoms with Crippen molar-refractivity contribution in [3.05, 3.63) is 46.5 Å². The number of nitrogens with one attached hydrogen (secondary N) is 1. The molecule has 1 aliphatic heterocycles. The fourth-order valence-corrected chi connectivity index (χ4v) is 2.91. The van der Waals surface area contributed by atoms with E-state index in [9.17, 15) is 18.4 Å². The number of carbonyl (C=O) groups excluding carboxylic acids is 1. The summed E-state index contributed by atoms with van der Waals surface area (Å²) in [4.78, 5) is 28.3. The molecule has 0 saturated carbocycles. The molecule has 30 heavy (non-hydrogen) atoms. The van der Waals surface area contributed by atoms with E-state index in [1.54, 1.807) is 6.07 Å². The molecule has 2 aromatic rings. The Hall–Kier alpha value is -3.01. The number of hydrogen-bond acceptors (Lipinski definition) is 6. The Bertz CT molecular complexity index is 926. The highest BCUT2D eigenvalue weighted by molar-refractivity contribution is 6.04. The Kier molecular flexibility index (Phi) is 7.49. The summed E-state index contributed by atoms with van der Waals surface area (Å²) in [5.41, 5.74) is -0.749. The lowest BCUT2D eigenvalue weighted by Crippen LogP contribution is -2.35. The van der Waals surface area contributed by atoms with Gasteiger partial charge in [0.05, 0.1) is 20.3 Å². The molecular formula is C20H25F2N3O5. The highest BCUT2D eigenvalue weighted by atomic mass is 19.3. The fourth-order valence-electron chi connectivity index (χ4n) is 2.91. The second-order valence-electron chi connectivity index (χ2n) is 6.32. The summed E-state index contributed by atoms with van der Waals surface area (Å²) < 4.78 is 44.1. The van der Waals surface area contributed by atoms with Crippen LogP contribution < -0.4 is 20.5 Å². The fraction of sp³-hybridized carbons (Fsp3) is 0.450. The van der Waals surface area contributed by atoms with Crippen molar-refractivity contribution < 1.29 is 27.8 Å². The summed E-state index contributed by atoms with van der Waals surface area (Å²) in [5, 5.41) is 2.45. The van der Waals surface area contributed by atoms with E-state index in [-0.39, 0.29) is 11.4 Å². The monoisotopic (exact) mass is 425 g/mol. The summed E-state index contributed by atoms with van der Waals surface area (Å²) in [6, 6.07) is 5.80. The van der Waals surface area contributed by atoms with Gasteiger partial charge in [0.2, 0.25) is 6.23 Å². The zero-order chi connectivity index (χ0) is 22.5. The summed E-state index contributed by atoms with van der Waals surface area (Å²) in [6.45, 7) is 5.50. The first-order valence-corrected chi connectivity index (χ1v) is 9.40. The number of nitrogens with zero attached hydrogens (tertiary/aromatic N) is 2. The standard InChI is InChI=1S/C18H19F2N3O5.C2H6/c1-10-9-18(19,20)16(28-10)23-5-4-14(22-17(23)25)21-15(24)11-6-12(26-2)8-13(7-11)27-3;1-2/h4-8,10,16H,9H2,1-3H3,(H,21,22,24,25);1-2H3. The molecule has 8 nitrogen and oxygen atoms in total. The third-order valence-electron chi connectivity index (χ3n) is 4.22. The third kappa shape index (κ3) is 5.12. The van der Waals surface area contributed by atoms with Gasteiger partial charge in [0, 0.05) is 24.2 Å². The molecular weight excluding hydrogens is 400 g/mol. The van der Waals surface area contributed by atoms with Gasteiger partial charge in [-0.05, 0) is 25.1 Å². The highest BCUT2D eigenvalue weighted by Gasteiger charge is 2.50. The Morgan fingerprint density at radius 1 is 1.23 bits per heavy atom. The van der Waals surface area contributed by atoms with Gasteiger partial charge >= 0.3 is 5.69 Å². The van der Waals surface area contributed by atoms with Crippen molar-refractivity contribution >= 4 is 11.7 Å². The number of aromatic nitrogens is 2. The molecule has 2 atom stereocenters. The molecule has 0 radical (unpaired) electrons. The maximum Gasteiger partial charge on any atom is 0.351 e. The molecule has 164 valence electrons. The van der Waals surface area contributed by atoms with Crippen molar-refractivity contribution in [2.24, 2.45) is 0 Å². The molecule has 3 rings (SSSR count).